The summed E-state index contributed by atoms with van der Waals surface area (Å²) in [5.41, 5.74) is 4.22. The number of benzene rings is 3. The van der Waals surface area contributed by atoms with Crippen LogP contribution < -0.4 is 5.43 Å². The molecule has 0 saturated carbocycles. The summed E-state index contributed by atoms with van der Waals surface area (Å²) in [6.45, 7) is 0. The average molecular weight is 426 g/mol. The molecule has 0 fully saturated rings. The fourth-order valence-corrected chi connectivity index (χ4v) is 3.60. The Kier molecular flexibility index (Phi) is 5.59. The van der Waals surface area contributed by atoms with E-state index in [1.165, 1.54) is 12.1 Å². The van der Waals surface area contributed by atoms with Crippen molar-refractivity contribution in [2.24, 2.45) is 5.10 Å². The quantitative estimate of drug-likeness (QED) is 0.420. The Morgan fingerprint density at radius 2 is 1.31 bits per heavy atom. The molecule has 0 heterocycles. The molecule has 0 atom stereocenters. The van der Waals surface area contributed by atoms with Crippen molar-refractivity contribution in [2.75, 3.05) is 5.43 Å². The van der Waals surface area contributed by atoms with Crippen LogP contribution in [0, 0.1) is 20.2 Å². The predicted molar refractivity (Wildman–Crippen MR) is 123 cm³/mol. The Bertz CT molecular complexity index is 1190. The van der Waals surface area contributed by atoms with E-state index in [0.29, 0.717) is 5.71 Å². The number of nitrogens with zero attached hydrogens (tertiary/aromatic N) is 3. The molecule has 0 saturated heterocycles. The van der Waals surface area contributed by atoms with Crippen LogP contribution >= 0.6 is 0 Å². The van der Waals surface area contributed by atoms with Crippen molar-refractivity contribution in [1.29, 1.82) is 0 Å². The Morgan fingerprint density at radius 3 is 1.81 bits per heavy atom. The molecular weight excluding hydrogens is 408 g/mol. The van der Waals surface area contributed by atoms with E-state index in [1.807, 2.05) is 60.7 Å². The molecule has 3 aromatic rings. The highest BCUT2D eigenvalue weighted by atomic mass is 16.6. The van der Waals surface area contributed by atoms with Gasteiger partial charge in [0, 0.05) is 6.07 Å². The number of nitrogens with one attached hydrogen (secondary N) is 1. The maximum Gasteiger partial charge on any atom is 0.301 e. The molecule has 1 aliphatic carbocycles. The summed E-state index contributed by atoms with van der Waals surface area (Å²) in [5, 5.41) is 26.5. The van der Waals surface area contributed by atoms with Crippen LogP contribution in [0.4, 0.5) is 17.1 Å². The maximum atomic E-state index is 11.3. The molecule has 0 spiro atoms. The van der Waals surface area contributed by atoms with Crippen LogP contribution in [0.1, 0.15) is 11.1 Å². The van der Waals surface area contributed by atoms with Gasteiger partial charge in [-0.2, -0.15) is 5.10 Å². The molecule has 0 amide bonds. The highest BCUT2D eigenvalue weighted by molar-refractivity contribution is 6.06. The lowest BCUT2D eigenvalue weighted by molar-refractivity contribution is -0.393. The summed E-state index contributed by atoms with van der Waals surface area (Å²) in [7, 11) is 0. The first kappa shape index (κ1) is 20.7. The standard InChI is InChI=1S/C24H18N4O4/c29-27(30)21-11-12-22(23(17-21)28(31)32)26-25-20-13-15-24(16-14-20,18-7-3-1-4-8-18)19-9-5-2-6-10-19/h1-17,26H. The van der Waals surface area contributed by atoms with Gasteiger partial charge in [0.2, 0.25) is 0 Å². The third-order valence-corrected chi connectivity index (χ3v) is 5.23. The van der Waals surface area contributed by atoms with Crippen molar-refractivity contribution in [3.05, 3.63) is 135 Å². The Labute approximate surface area is 183 Å². The second-order valence-electron chi connectivity index (χ2n) is 7.13. The van der Waals surface area contributed by atoms with E-state index in [1.54, 1.807) is 0 Å². The van der Waals surface area contributed by atoms with E-state index in [0.717, 1.165) is 17.2 Å². The van der Waals surface area contributed by atoms with Crippen molar-refractivity contribution in [3.8, 4) is 0 Å². The summed E-state index contributed by atoms with van der Waals surface area (Å²) >= 11 is 0. The normalized spacial score (nSPS) is 14.1. The Balaban J connectivity index is 1.65. The summed E-state index contributed by atoms with van der Waals surface area (Å²) in [6, 6.07) is 23.5. The van der Waals surface area contributed by atoms with Crippen molar-refractivity contribution in [2.45, 2.75) is 5.41 Å². The second kappa shape index (κ2) is 8.65. The lowest BCUT2D eigenvalue weighted by atomic mass is 9.72. The number of nitro benzene ring substituents is 2. The summed E-state index contributed by atoms with van der Waals surface area (Å²) < 4.78 is 0. The maximum absolute atomic E-state index is 11.3. The lowest BCUT2D eigenvalue weighted by Gasteiger charge is -2.31. The SMILES string of the molecule is O=[N+]([O-])c1ccc(NN=C2C=CC(c3ccccc3)(c3ccccc3)C=C2)c([N+](=O)[O-])c1. The zero-order valence-electron chi connectivity index (χ0n) is 16.8. The van der Waals surface area contributed by atoms with E-state index in [2.05, 4.69) is 34.8 Å². The molecule has 0 aromatic heterocycles. The van der Waals surface area contributed by atoms with Gasteiger partial charge in [0.25, 0.3) is 5.69 Å². The number of allylic oxidation sites excluding steroid dienone is 4. The van der Waals surface area contributed by atoms with Gasteiger partial charge in [-0.25, -0.2) is 0 Å². The lowest BCUT2D eigenvalue weighted by Crippen LogP contribution is -2.25. The molecule has 1 N–H and O–H groups in total. The molecule has 0 radical (unpaired) electrons. The van der Waals surface area contributed by atoms with E-state index < -0.39 is 20.9 Å². The van der Waals surface area contributed by atoms with Gasteiger partial charge in [0.05, 0.1) is 27.0 Å². The Morgan fingerprint density at radius 1 is 0.750 bits per heavy atom. The van der Waals surface area contributed by atoms with Crippen LogP contribution in [0.15, 0.2) is 108 Å². The largest absolute Gasteiger partial charge is 0.301 e. The first-order valence-electron chi connectivity index (χ1n) is 9.76. The number of rotatable bonds is 6. The molecule has 1 aliphatic rings. The van der Waals surface area contributed by atoms with Crippen LogP contribution in [0.3, 0.4) is 0 Å². The van der Waals surface area contributed by atoms with Gasteiger partial charge in [-0.15, -0.1) is 0 Å². The molecular formula is C24H18N4O4. The smallest absolute Gasteiger partial charge is 0.271 e. The third-order valence-electron chi connectivity index (χ3n) is 5.23. The summed E-state index contributed by atoms with van der Waals surface area (Å²) in [6.07, 6.45) is 7.74. The van der Waals surface area contributed by atoms with Crippen molar-refractivity contribution >= 4 is 22.8 Å². The van der Waals surface area contributed by atoms with Gasteiger partial charge >= 0.3 is 5.69 Å². The minimum Gasteiger partial charge on any atom is -0.271 e. The van der Waals surface area contributed by atoms with Crippen molar-refractivity contribution in [1.82, 2.24) is 0 Å². The monoisotopic (exact) mass is 426 g/mol. The second-order valence-corrected chi connectivity index (χ2v) is 7.13. The number of non-ortho nitro benzene ring substituents is 1. The van der Waals surface area contributed by atoms with Crippen LogP contribution in [0.2, 0.25) is 0 Å². The topological polar surface area (TPSA) is 111 Å². The van der Waals surface area contributed by atoms with E-state index in [-0.39, 0.29) is 11.4 Å². The predicted octanol–water partition coefficient (Wildman–Crippen LogP) is 5.38. The van der Waals surface area contributed by atoms with Crippen molar-refractivity contribution in [3.63, 3.8) is 0 Å². The number of nitro groups is 2. The van der Waals surface area contributed by atoms with E-state index in [4.69, 9.17) is 0 Å². The summed E-state index contributed by atoms with van der Waals surface area (Å²) in [4.78, 5) is 20.9. The van der Waals surface area contributed by atoms with Gasteiger partial charge in [-0.05, 0) is 29.3 Å². The van der Waals surface area contributed by atoms with Crippen LogP contribution in [-0.4, -0.2) is 15.6 Å². The zero-order chi connectivity index (χ0) is 22.6. The highest BCUT2D eigenvalue weighted by Gasteiger charge is 2.30. The molecule has 0 bridgehead atoms. The van der Waals surface area contributed by atoms with Crippen LogP contribution in [-0.2, 0) is 5.41 Å². The van der Waals surface area contributed by atoms with Crippen molar-refractivity contribution < 1.29 is 9.85 Å². The number of hydrazone groups is 1. The van der Waals surface area contributed by atoms with Gasteiger partial charge in [0.1, 0.15) is 5.69 Å². The van der Waals surface area contributed by atoms with Gasteiger partial charge in [-0.3, -0.25) is 25.7 Å². The number of hydrogen-bond acceptors (Lipinski definition) is 6. The molecule has 4 rings (SSSR count). The molecule has 3 aromatic carbocycles. The highest BCUT2D eigenvalue weighted by Crippen LogP contribution is 2.37. The van der Waals surface area contributed by atoms with Gasteiger partial charge in [0.15, 0.2) is 0 Å². The number of hydrogen-bond donors (Lipinski definition) is 1. The first-order chi connectivity index (χ1) is 15.5. The zero-order valence-corrected chi connectivity index (χ0v) is 16.8. The molecule has 32 heavy (non-hydrogen) atoms. The fraction of sp³-hybridized carbons (Fsp3) is 0.0417. The van der Waals surface area contributed by atoms with Gasteiger partial charge < -0.3 is 0 Å². The fourth-order valence-electron chi connectivity index (χ4n) is 3.60. The molecule has 158 valence electrons. The van der Waals surface area contributed by atoms with E-state index >= 15 is 0 Å². The van der Waals surface area contributed by atoms with Crippen LogP contribution in [0.5, 0.6) is 0 Å². The molecule has 0 aliphatic heterocycles. The number of anilines is 1. The third kappa shape index (κ3) is 4.01. The minimum absolute atomic E-state index is 0.0675. The molecule has 8 heteroatoms. The first-order valence-corrected chi connectivity index (χ1v) is 9.76. The van der Waals surface area contributed by atoms with E-state index in [9.17, 15) is 20.2 Å². The van der Waals surface area contributed by atoms with Crippen LogP contribution in [0.25, 0.3) is 0 Å². The average Bonchev–Trinajstić information content (AvgIpc) is 2.84. The van der Waals surface area contributed by atoms with Gasteiger partial charge in [-0.1, -0.05) is 72.8 Å². The summed E-state index contributed by atoms with van der Waals surface area (Å²) in [5.74, 6) is 0. The Hall–Kier alpha value is -4.59. The molecule has 0 unspecified atom stereocenters. The minimum atomic E-state index is -0.683. The molecule has 8 nitrogen and oxygen atoms in total.